The average Bonchev–Trinajstić information content (AvgIpc) is 3.61. The van der Waals surface area contributed by atoms with E-state index >= 15 is 0 Å². The van der Waals surface area contributed by atoms with Crippen molar-refractivity contribution in [2.45, 2.75) is 32.2 Å². The Morgan fingerprint density at radius 3 is 2.26 bits per heavy atom. The average molecular weight is 478 g/mol. The number of benzene rings is 2. The fraction of sp³-hybridized carbons (Fsp3) is 0.269. The van der Waals surface area contributed by atoms with Crippen molar-refractivity contribution in [2.75, 3.05) is 18.0 Å². The molecule has 0 N–H and O–H groups in total. The minimum atomic E-state index is -2.82. The van der Waals surface area contributed by atoms with Crippen molar-refractivity contribution in [1.29, 1.82) is 0 Å². The minimum Gasteiger partial charge on any atom is -0.472 e. The highest BCUT2D eigenvalue weighted by atomic mass is 19.3. The number of rotatable bonds is 6. The number of aromatic nitrogens is 2. The summed E-state index contributed by atoms with van der Waals surface area (Å²) in [5.74, 6) is -0.677. The van der Waals surface area contributed by atoms with Gasteiger partial charge in [0.25, 0.3) is 5.89 Å². The molecular formula is C26H24F2N4O3. The molecule has 180 valence electrons. The Morgan fingerprint density at radius 2 is 1.63 bits per heavy atom. The van der Waals surface area contributed by atoms with Crippen molar-refractivity contribution in [1.82, 2.24) is 15.1 Å². The molecule has 5 rings (SSSR count). The predicted molar refractivity (Wildman–Crippen MR) is 126 cm³/mol. The van der Waals surface area contributed by atoms with Gasteiger partial charge in [-0.2, -0.15) is 8.78 Å². The van der Waals surface area contributed by atoms with E-state index in [-0.39, 0.29) is 11.9 Å². The molecule has 0 radical (unpaired) electrons. The third kappa shape index (κ3) is 5.08. The number of alkyl halides is 2. The van der Waals surface area contributed by atoms with Gasteiger partial charge >= 0.3 is 12.5 Å². The predicted octanol–water partition coefficient (Wildman–Crippen LogP) is 6.55. The van der Waals surface area contributed by atoms with Crippen molar-refractivity contribution in [3.8, 4) is 22.6 Å². The summed E-state index contributed by atoms with van der Waals surface area (Å²) in [5.41, 5.74) is 4.17. The molecule has 0 unspecified atom stereocenters. The number of furan rings is 1. The molecular weight excluding hydrogens is 454 g/mol. The Hall–Kier alpha value is -4.01. The van der Waals surface area contributed by atoms with Crippen LogP contribution in [0.1, 0.15) is 37.1 Å². The molecule has 0 saturated carbocycles. The lowest BCUT2D eigenvalue weighted by atomic mass is 10.1. The van der Waals surface area contributed by atoms with E-state index in [0.29, 0.717) is 12.1 Å². The molecule has 0 atom stereocenters. The molecule has 2 aromatic heterocycles. The molecule has 1 aliphatic heterocycles. The minimum absolute atomic E-state index is 0.0305. The van der Waals surface area contributed by atoms with Crippen LogP contribution in [0.25, 0.3) is 22.6 Å². The van der Waals surface area contributed by atoms with Crippen LogP contribution in [0.3, 0.4) is 0 Å². The third-order valence-corrected chi connectivity index (χ3v) is 6.06. The van der Waals surface area contributed by atoms with Crippen molar-refractivity contribution < 1.29 is 22.4 Å². The maximum atomic E-state index is 13.5. The second-order valence-electron chi connectivity index (χ2n) is 8.42. The van der Waals surface area contributed by atoms with Gasteiger partial charge in [-0.1, -0.05) is 24.3 Å². The van der Waals surface area contributed by atoms with Gasteiger partial charge in [0.15, 0.2) is 0 Å². The first-order valence-electron chi connectivity index (χ1n) is 11.5. The van der Waals surface area contributed by atoms with Gasteiger partial charge in [0.05, 0.1) is 19.1 Å². The number of likely N-dealkylation sites (tertiary alicyclic amines) is 1. The molecule has 0 spiro atoms. The third-order valence-electron chi connectivity index (χ3n) is 6.06. The molecule has 1 saturated heterocycles. The van der Waals surface area contributed by atoms with Gasteiger partial charge in [0.1, 0.15) is 0 Å². The number of halogens is 2. The molecule has 2 aromatic carbocycles. The number of carbonyl (C=O) groups excluding carboxylic acids is 1. The summed E-state index contributed by atoms with van der Waals surface area (Å²) < 4.78 is 35.7. The lowest BCUT2D eigenvalue weighted by molar-refractivity contribution is 0.116. The van der Waals surface area contributed by atoms with E-state index in [9.17, 15) is 13.6 Å². The van der Waals surface area contributed by atoms with Gasteiger partial charge < -0.3 is 13.7 Å². The number of nitrogens with zero attached hydrogens (tertiary/aromatic N) is 4. The number of hydrogen-bond acceptors (Lipinski definition) is 5. The summed E-state index contributed by atoms with van der Waals surface area (Å²) in [6.07, 6.45) is 3.62. The fourth-order valence-electron chi connectivity index (χ4n) is 4.16. The summed E-state index contributed by atoms with van der Waals surface area (Å²) >= 11 is 0. The van der Waals surface area contributed by atoms with Gasteiger partial charge in [-0.25, -0.2) is 4.79 Å². The summed E-state index contributed by atoms with van der Waals surface area (Å²) in [7, 11) is 0. The van der Waals surface area contributed by atoms with Crippen LogP contribution < -0.4 is 4.90 Å². The van der Waals surface area contributed by atoms with Crippen LogP contribution in [0.5, 0.6) is 0 Å². The zero-order valence-electron chi connectivity index (χ0n) is 18.9. The van der Waals surface area contributed by atoms with E-state index in [2.05, 4.69) is 10.2 Å². The van der Waals surface area contributed by atoms with Crippen molar-refractivity contribution in [3.63, 3.8) is 0 Å². The van der Waals surface area contributed by atoms with E-state index in [1.165, 1.54) is 0 Å². The van der Waals surface area contributed by atoms with Crippen molar-refractivity contribution >= 4 is 11.7 Å². The second kappa shape index (κ2) is 10.1. The number of hydrogen-bond donors (Lipinski definition) is 0. The first-order chi connectivity index (χ1) is 17.1. The lowest BCUT2D eigenvalue weighted by Crippen LogP contribution is -2.45. The highest BCUT2D eigenvalue weighted by Gasteiger charge is 2.24. The van der Waals surface area contributed by atoms with Gasteiger partial charge in [0.2, 0.25) is 5.89 Å². The molecule has 1 fully saturated rings. The summed E-state index contributed by atoms with van der Waals surface area (Å²) in [6, 6.07) is 16.8. The number of urea groups is 1. The Morgan fingerprint density at radius 1 is 0.914 bits per heavy atom. The van der Waals surface area contributed by atoms with Gasteiger partial charge in [-0.3, -0.25) is 4.90 Å². The standard InChI is InChI=1S/C26H24F2N4O3/c27-23(28)25-30-29-24(35-25)20-6-4-18(5-7-20)16-32(26(33)31-13-2-1-3-14-31)22-10-8-19(9-11-22)21-12-15-34-17-21/h4-12,15,17,23H,1-3,13-14,16H2. The van der Waals surface area contributed by atoms with Gasteiger partial charge in [0, 0.05) is 29.9 Å². The van der Waals surface area contributed by atoms with Gasteiger partial charge in [-0.05, 0) is 60.7 Å². The van der Waals surface area contributed by atoms with E-state index in [4.69, 9.17) is 8.83 Å². The number of carbonyl (C=O) groups is 1. The molecule has 2 amide bonds. The highest BCUT2D eigenvalue weighted by Crippen LogP contribution is 2.28. The van der Waals surface area contributed by atoms with E-state index < -0.39 is 12.3 Å². The smallest absolute Gasteiger partial charge is 0.324 e. The zero-order valence-corrected chi connectivity index (χ0v) is 18.9. The normalized spacial score (nSPS) is 13.9. The summed E-state index contributed by atoms with van der Waals surface area (Å²) in [5, 5.41) is 7.06. The van der Waals surface area contributed by atoms with Crippen molar-refractivity contribution in [3.05, 3.63) is 78.6 Å². The molecule has 7 nitrogen and oxygen atoms in total. The molecule has 4 aromatic rings. The van der Waals surface area contributed by atoms with Crippen LogP contribution in [0.15, 0.2) is 76.0 Å². The second-order valence-corrected chi connectivity index (χ2v) is 8.42. The molecule has 9 heteroatoms. The van der Waals surface area contributed by atoms with Crippen LogP contribution in [-0.2, 0) is 6.54 Å². The molecule has 0 aliphatic carbocycles. The van der Waals surface area contributed by atoms with Crippen LogP contribution in [0.4, 0.5) is 19.3 Å². The van der Waals surface area contributed by atoms with Crippen LogP contribution in [0, 0.1) is 0 Å². The molecule has 35 heavy (non-hydrogen) atoms. The van der Waals surface area contributed by atoms with Gasteiger partial charge in [-0.15, -0.1) is 10.2 Å². The largest absolute Gasteiger partial charge is 0.472 e. The number of amides is 2. The fourth-order valence-corrected chi connectivity index (χ4v) is 4.16. The quantitative estimate of drug-likeness (QED) is 0.314. The molecule has 0 bridgehead atoms. The summed E-state index contributed by atoms with van der Waals surface area (Å²) in [6.45, 7) is 1.84. The van der Waals surface area contributed by atoms with E-state index in [1.807, 2.05) is 47.4 Å². The highest BCUT2D eigenvalue weighted by molar-refractivity contribution is 5.92. The maximum absolute atomic E-state index is 13.5. The Labute approximate surface area is 201 Å². The van der Waals surface area contributed by atoms with Crippen molar-refractivity contribution in [2.24, 2.45) is 0 Å². The van der Waals surface area contributed by atoms with Crippen LogP contribution >= 0.6 is 0 Å². The maximum Gasteiger partial charge on any atom is 0.324 e. The van der Waals surface area contributed by atoms with E-state index in [0.717, 1.165) is 54.7 Å². The zero-order chi connectivity index (χ0) is 24.2. The monoisotopic (exact) mass is 478 g/mol. The molecule has 1 aliphatic rings. The first kappa shape index (κ1) is 22.8. The lowest BCUT2D eigenvalue weighted by Gasteiger charge is -2.33. The van der Waals surface area contributed by atoms with E-state index in [1.54, 1.807) is 29.6 Å². The topological polar surface area (TPSA) is 75.6 Å². The first-order valence-corrected chi connectivity index (χ1v) is 11.5. The Balaban J connectivity index is 1.39. The van der Waals surface area contributed by atoms with Crippen LogP contribution in [0.2, 0.25) is 0 Å². The SMILES string of the molecule is O=C(N1CCCCC1)N(Cc1ccc(-c2nnc(C(F)F)o2)cc1)c1ccc(-c2ccoc2)cc1. The Kier molecular flexibility index (Phi) is 6.56. The van der Waals surface area contributed by atoms with Crippen LogP contribution in [-0.4, -0.2) is 34.2 Å². The summed E-state index contributed by atoms with van der Waals surface area (Å²) in [4.78, 5) is 17.2. The number of anilines is 1. The molecule has 3 heterocycles. The number of piperidine rings is 1. The Bertz CT molecular complexity index is 1250.